The fraction of sp³-hybridized carbons (Fsp3) is 0.500. The van der Waals surface area contributed by atoms with E-state index in [1.807, 2.05) is 0 Å². The first-order valence-corrected chi connectivity index (χ1v) is 2.40. The summed E-state index contributed by atoms with van der Waals surface area (Å²) in [6.07, 6.45) is 0. The molecule has 0 unspecified atom stereocenters. The predicted octanol–water partition coefficient (Wildman–Crippen LogP) is -0.0800. The van der Waals surface area contributed by atoms with Gasteiger partial charge in [0.25, 0.3) is 0 Å². The van der Waals surface area contributed by atoms with E-state index in [2.05, 4.69) is 17.9 Å². The van der Waals surface area contributed by atoms with Crippen LogP contribution in [0.15, 0.2) is 13.2 Å². The zero-order valence-electron chi connectivity index (χ0n) is 5.44. The Labute approximate surface area is 60.9 Å². The van der Waals surface area contributed by atoms with Gasteiger partial charge >= 0.3 is 5.97 Å². The normalized spacial score (nSPS) is 5.56. The Morgan fingerprint density at radius 1 is 1.56 bits per heavy atom. The van der Waals surface area contributed by atoms with Crippen LogP contribution >= 0.6 is 0 Å². The lowest BCUT2D eigenvalue weighted by atomic mass is 10.8. The Kier molecular flexibility index (Phi) is 27.5. The van der Waals surface area contributed by atoms with Crippen LogP contribution in [-0.2, 0) is 9.53 Å². The molecule has 0 rings (SSSR count). The fourth-order valence-electron chi connectivity index (χ4n) is 0.203. The van der Waals surface area contributed by atoms with Crippen LogP contribution in [0.3, 0.4) is 0 Å². The number of esters is 1. The van der Waals surface area contributed by atoms with Gasteiger partial charge in [-0.25, -0.2) is 0 Å². The van der Waals surface area contributed by atoms with Crippen molar-refractivity contribution in [3.05, 3.63) is 13.2 Å². The van der Waals surface area contributed by atoms with Crippen molar-refractivity contribution in [1.82, 2.24) is 0 Å². The molecule has 0 aliphatic carbocycles. The van der Waals surface area contributed by atoms with Gasteiger partial charge in [-0.3, -0.25) is 4.79 Å². The number of carbonyl (C=O) groups excluding carboxylic acids is 1. The summed E-state index contributed by atoms with van der Waals surface area (Å²) in [5.41, 5.74) is 0. The van der Waals surface area contributed by atoms with Crippen LogP contribution in [0.5, 0.6) is 0 Å². The van der Waals surface area contributed by atoms with E-state index in [-0.39, 0.29) is 16.9 Å². The number of rotatable bonds is 1. The average Bonchev–Trinajstić information content (AvgIpc) is 1.72. The predicted molar refractivity (Wildman–Crippen MR) is 44.9 cm³/mol. The molecule has 3 heteroatoms. The minimum Gasteiger partial charge on any atom is -0.466 e. The summed E-state index contributed by atoms with van der Waals surface area (Å²) in [5.74, 6) is -0.211. The SMILES string of the molecule is C=C.CCOC(C)=O.[SiH4]. The Hall–Kier alpha value is -0.573. The molecule has 0 amide bonds. The van der Waals surface area contributed by atoms with E-state index in [1.165, 1.54) is 6.92 Å². The van der Waals surface area contributed by atoms with Gasteiger partial charge in [-0.15, -0.1) is 13.2 Å². The van der Waals surface area contributed by atoms with E-state index in [9.17, 15) is 4.79 Å². The fourth-order valence-corrected chi connectivity index (χ4v) is 0.203. The van der Waals surface area contributed by atoms with Gasteiger partial charge in [0, 0.05) is 6.92 Å². The second-order valence-electron chi connectivity index (χ2n) is 0.925. The van der Waals surface area contributed by atoms with Crippen LogP contribution in [-0.4, -0.2) is 23.5 Å². The summed E-state index contributed by atoms with van der Waals surface area (Å²) in [5, 5.41) is 0. The Balaban J connectivity index is -0.000000109. The molecule has 56 valence electrons. The molecule has 0 fully saturated rings. The molecule has 0 saturated heterocycles. The second kappa shape index (κ2) is 15.7. The molecule has 0 saturated carbocycles. The van der Waals surface area contributed by atoms with Crippen molar-refractivity contribution in [2.45, 2.75) is 13.8 Å². The lowest BCUT2D eigenvalue weighted by Gasteiger charge is -1.89. The molecule has 0 aliphatic heterocycles. The van der Waals surface area contributed by atoms with E-state index in [4.69, 9.17) is 0 Å². The smallest absolute Gasteiger partial charge is 0.302 e. The lowest BCUT2D eigenvalue weighted by Crippen LogP contribution is -1.95. The van der Waals surface area contributed by atoms with Crippen LogP contribution in [0.1, 0.15) is 13.8 Å². The highest BCUT2D eigenvalue weighted by Crippen LogP contribution is 1.69. The maximum absolute atomic E-state index is 9.82. The maximum Gasteiger partial charge on any atom is 0.302 e. The zero-order chi connectivity index (χ0) is 6.99. The molecule has 0 heterocycles. The van der Waals surface area contributed by atoms with E-state index < -0.39 is 0 Å². The summed E-state index contributed by atoms with van der Waals surface area (Å²) in [7, 11) is 0. The van der Waals surface area contributed by atoms with Crippen molar-refractivity contribution in [3.63, 3.8) is 0 Å². The number of ether oxygens (including phenoxy) is 1. The Bertz CT molecular complexity index is 64.1. The third kappa shape index (κ3) is 37.1. The Morgan fingerprint density at radius 2 is 1.89 bits per heavy atom. The quantitative estimate of drug-likeness (QED) is 0.295. The largest absolute Gasteiger partial charge is 0.466 e. The molecule has 0 N–H and O–H groups in total. The maximum atomic E-state index is 9.82. The van der Waals surface area contributed by atoms with Crippen LogP contribution < -0.4 is 0 Å². The van der Waals surface area contributed by atoms with Gasteiger partial charge in [0.2, 0.25) is 0 Å². The van der Waals surface area contributed by atoms with Crippen LogP contribution in [0.25, 0.3) is 0 Å². The zero-order valence-corrected chi connectivity index (χ0v) is 5.44. The first kappa shape index (κ1) is 15.8. The third-order valence-corrected chi connectivity index (χ3v) is 0.348. The molecule has 9 heavy (non-hydrogen) atoms. The molecule has 2 nitrogen and oxygen atoms in total. The molecule has 0 aromatic carbocycles. The lowest BCUT2D eigenvalue weighted by molar-refractivity contribution is -0.140. The van der Waals surface area contributed by atoms with Gasteiger partial charge in [-0.2, -0.15) is 0 Å². The molecular weight excluding hydrogens is 132 g/mol. The molecule has 0 bridgehead atoms. The number of hydrogen-bond acceptors (Lipinski definition) is 2. The minimum atomic E-state index is -0.211. The molecule has 0 radical (unpaired) electrons. The van der Waals surface area contributed by atoms with Gasteiger partial charge in [-0.05, 0) is 17.9 Å². The summed E-state index contributed by atoms with van der Waals surface area (Å²) in [6, 6.07) is 0. The van der Waals surface area contributed by atoms with Gasteiger partial charge < -0.3 is 4.74 Å². The van der Waals surface area contributed by atoms with Crippen molar-refractivity contribution in [2.24, 2.45) is 0 Å². The molecule has 0 aromatic rings. The highest BCUT2D eigenvalue weighted by atomic mass is 28.1. The van der Waals surface area contributed by atoms with Crippen molar-refractivity contribution >= 4 is 16.9 Å². The average molecular weight is 148 g/mol. The summed E-state index contributed by atoms with van der Waals surface area (Å²) >= 11 is 0. The van der Waals surface area contributed by atoms with Gasteiger partial charge in [0.05, 0.1) is 6.61 Å². The summed E-state index contributed by atoms with van der Waals surface area (Å²) in [4.78, 5) is 9.82. The molecule has 0 atom stereocenters. The molecule has 0 spiro atoms. The van der Waals surface area contributed by atoms with Crippen molar-refractivity contribution in [2.75, 3.05) is 6.61 Å². The first-order valence-electron chi connectivity index (χ1n) is 2.40. The summed E-state index contributed by atoms with van der Waals surface area (Å²) < 4.78 is 4.40. The van der Waals surface area contributed by atoms with Gasteiger partial charge in [0.15, 0.2) is 0 Å². The van der Waals surface area contributed by atoms with E-state index in [0.717, 1.165) is 0 Å². The third-order valence-electron chi connectivity index (χ3n) is 0.348. The standard InChI is InChI=1S/C4H8O2.C2H4.H4Si/c1-3-6-4(2)5;1-2;/h3H2,1-2H3;1-2H2;1H4. The molecule has 0 aromatic heterocycles. The van der Waals surface area contributed by atoms with Crippen LogP contribution in [0.2, 0.25) is 0 Å². The minimum absolute atomic E-state index is 0. The van der Waals surface area contributed by atoms with Crippen molar-refractivity contribution in [3.8, 4) is 0 Å². The summed E-state index contributed by atoms with van der Waals surface area (Å²) in [6.45, 7) is 9.65. The van der Waals surface area contributed by atoms with Crippen LogP contribution in [0.4, 0.5) is 0 Å². The van der Waals surface area contributed by atoms with E-state index in [1.54, 1.807) is 6.92 Å². The topological polar surface area (TPSA) is 26.3 Å². The van der Waals surface area contributed by atoms with Gasteiger partial charge in [-0.1, -0.05) is 0 Å². The second-order valence-corrected chi connectivity index (χ2v) is 0.925. The van der Waals surface area contributed by atoms with Crippen molar-refractivity contribution < 1.29 is 9.53 Å². The highest BCUT2D eigenvalue weighted by Gasteiger charge is 1.81. The van der Waals surface area contributed by atoms with Gasteiger partial charge in [0.1, 0.15) is 0 Å². The number of hydrogen-bond donors (Lipinski definition) is 0. The van der Waals surface area contributed by atoms with E-state index >= 15 is 0 Å². The molecule has 0 aliphatic rings. The van der Waals surface area contributed by atoms with Crippen LogP contribution in [0, 0.1) is 0 Å². The Morgan fingerprint density at radius 3 is 1.89 bits per heavy atom. The number of carbonyl (C=O) groups is 1. The van der Waals surface area contributed by atoms with Crippen molar-refractivity contribution in [1.29, 1.82) is 0 Å². The monoisotopic (exact) mass is 148 g/mol. The van der Waals surface area contributed by atoms with E-state index in [0.29, 0.717) is 6.61 Å². The highest BCUT2D eigenvalue weighted by molar-refractivity contribution is 5.75. The molecular formula is C6H16O2Si. The first-order chi connectivity index (χ1) is 3.77.